The highest BCUT2D eigenvalue weighted by Gasteiger charge is 2.17. The summed E-state index contributed by atoms with van der Waals surface area (Å²) in [5.74, 6) is 0.817. The van der Waals surface area contributed by atoms with Gasteiger partial charge in [0.15, 0.2) is 23.4 Å². The first kappa shape index (κ1) is 53.8. The Morgan fingerprint density at radius 1 is 0.500 bits per heavy atom. The van der Waals surface area contributed by atoms with Crippen molar-refractivity contribution in [2.75, 3.05) is 52.5 Å². The Bertz CT molecular complexity index is 1380. The molecule has 0 aliphatic heterocycles. The van der Waals surface area contributed by atoms with Gasteiger partial charge in [-0.15, -0.1) is 0 Å². The Morgan fingerprint density at radius 2 is 0.800 bits per heavy atom. The molecule has 4 amide bonds. The average molecular weight is 885 g/mol. The molecule has 342 valence electrons. The fourth-order valence-electron chi connectivity index (χ4n) is 5.65. The molecule has 1 aromatic rings. The Morgan fingerprint density at radius 3 is 1.10 bits per heavy atom. The molecule has 0 spiro atoms. The number of guanidine groups is 2. The van der Waals surface area contributed by atoms with Crippen LogP contribution in [0.4, 0.5) is 0 Å². The van der Waals surface area contributed by atoms with Crippen LogP contribution in [0, 0.1) is 0 Å². The van der Waals surface area contributed by atoms with Crippen molar-refractivity contribution in [3.63, 3.8) is 0 Å². The number of nitrogens with two attached hydrogens (primary N) is 8. The van der Waals surface area contributed by atoms with E-state index in [1.54, 1.807) is 0 Å². The summed E-state index contributed by atoms with van der Waals surface area (Å²) in [5, 5.41) is 11.2. The number of carbonyl (C=O) groups excluding carboxylic acids is 4. The number of hydrogen-bond donors (Lipinski definition) is 14. The fraction of sp³-hybridized carbons (Fsp3) is 0.684. The van der Waals surface area contributed by atoms with Crippen molar-refractivity contribution >= 4 is 60.8 Å². The van der Waals surface area contributed by atoms with Crippen LogP contribution in [-0.4, -0.2) is 112 Å². The maximum atomic E-state index is 12.6. The van der Waals surface area contributed by atoms with Crippen LogP contribution in [-0.2, 0) is 30.7 Å². The van der Waals surface area contributed by atoms with Gasteiger partial charge in [0, 0.05) is 37.7 Å². The van der Waals surface area contributed by atoms with E-state index >= 15 is 0 Å². The van der Waals surface area contributed by atoms with Gasteiger partial charge in [0.25, 0.3) is 0 Å². The lowest BCUT2D eigenvalue weighted by molar-refractivity contribution is -0.123. The SMILES string of the molecule is NC(N)=NCCCC[C@H](N)C(=O)NCCCC[C@H](N)C(=O)NCCOc1cc(CS)c(CS)cc1OCCNC(=O)[C@@H](N)CCCCNC(=O)[C@@H](N)CCCCN=C(N)N. The van der Waals surface area contributed by atoms with E-state index in [1.165, 1.54) is 0 Å². The van der Waals surface area contributed by atoms with E-state index in [4.69, 9.17) is 55.3 Å². The van der Waals surface area contributed by atoms with E-state index in [0.717, 1.165) is 36.8 Å². The molecule has 20 nitrogen and oxygen atoms in total. The minimum Gasteiger partial charge on any atom is -0.488 e. The molecule has 22 heteroatoms. The molecule has 4 atom stereocenters. The highest BCUT2D eigenvalue weighted by Crippen LogP contribution is 2.32. The molecular formula is C38H72N14O6S2. The molecule has 0 aromatic heterocycles. The number of carbonyl (C=O) groups is 4. The van der Waals surface area contributed by atoms with Crippen molar-refractivity contribution in [1.82, 2.24) is 21.3 Å². The zero-order valence-electron chi connectivity index (χ0n) is 34.9. The summed E-state index contributed by atoms with van der Waals surface area (Å²) in [5.41, 5.74) is 47.1. The van der Waals surface area contributed by atoms with E-state index in [2.05, 4.69) is 56.5 Å². The number of nitrogens with zero attached hydrogens (tertiary/aromatic N) is 2. The lowest BCUT2D eigenvalue weighted by atomic mass is 10.1. The van der Waals surface area contributed by atoms with Crippen LogP contribution in [0.2, 0.25) is 0 Å². The molecule has 0 bridgehead atoms. The normalized spacial score (nSPS) is 12.9. The molecule has 0 radical (unpaired) electrons. The summed E-state index contributed by atoms with van der Waals surface area (Å²) < 4.78 is 12.0. The van der Waals surface area contributed by atoms with E-state index < -0.39 is 24.2 Å². The molecule has 20 N–H and O–H groups in total. The molecule has 0 aliphatic carbocycles. The van der Waals surface area contributed by atoms with Gasteiger partial charge in [0.1, 0.15) is 13.2 Å². The van der Waals surface area contributed by atoms with Crippen molar-refractivity contribution < 1.29 is 28.7 Å². The van der Waals surface area contributed by atoms with Gasteiger partial charge in [-0.05, 0) is 100 Å². The summed E-state index contributed by atoms with van der Waals surface area (Å²) in [6, 6.07) is 0.986. The zero-order chi connectivity index (χ0) is 44.7. The summed E-state index contributed by atoms with van der Waals surface area (Å²) in [7, 11) is 0. The third kappa shape index (κ3) is 24.8. The molecular weight excluding hydrogens is 813 g/mol. The minimum absolute atomic E-state index is 0.0397. The van der Waals surface area contributed by atoms with Crippen molar-refractivity contribution in [2.24, 2.45) is 55.9 Å². The van der Waals surface area contributed by atoms with Crippen LogP contribution in [0.3, 0.4) is 0 Å². The third-order valence-corrected chi connectivity index (χ3v) is 9.87. The highest BCUT2D eigenvalue weighted by molar-refractivity contribution is 7.79. The molecule has 0 saturated heterocycles. The van der Waals surface area contributed by atoms with Crippen LogP contribution in [0.15, 0.2) is 22.1 Å². The topological polar surface area (TPSA) is 368 Å². The number of unbranched alkanes of at least 4 members (excludes halogenated alkanes) is 4. The number of thiol groups is 2. The van der Waals surface area contributed by atoms with Gasteiger partial charge < -0.3 is 76.6 Å². The number of ether oxygens (including phenoxy) is 2. The van der Waals surface area contributed by atoms with Crippen LogP contribution >= 0.6 is 25.3 Å². The van der Waals surface area contributed by atoms with E-state index in [0.29, 0.717) is 101 Å². The summed E-state index contributed by atoms with van der Waals surface area (Å²) in [4.78, 5) is 57.5. The number of aliphatic imine (C=N–C) groups is 2. The van der Waals surface area contributed by atoms with Gasteiger partial charge >= 0.3 is 0 Å². The standard InChI is InChI=1S/C38H72N14O6S2/c39-27(11-3-7-15-51-37(43)44)33(53)47-13-5-1-9-29(41)35(55)49-17-19-57-31-21-25(23-59)26(24-60)22-32(31)58-20-18-50-36(56)30(42)10-2-6-14-48-34(54)28(40)12-4-8-16-52-38(45)46/h21-22,27-30,59-60H,1-20,23-24,39-42H2,(H,47,53)(H,48,54)(H,49,55)(H,50,56)(H4,43,44,51)(H4,45,46,52)/t27-,28-,29-,30-/m0/s1. The lowest BCUT2D eigenvalue weighted by Crippen LogP contribution is -2.42. The van der Waals surface area contributed by atoms with E-state index in [9.17, 15) is 19.2 Å². The molecule has 60 heavy (non-hydrogen) atoms. The second-order valence-corrected chi connectivity index (χ2v) is 14.9. The Labute approximate surface area is 365 Å². The van der Waals surface area contributed by atoms with Gasteiger partial charge in [-0.3, -0.25) is 29.2 Å². The van der Waals surface area contributed by atoms with Crippen LogP contribution in [0.1, 0.15) is 88.2 Å². The first-order chi connectivity index (χ1) is 28.7. The maximum absolute atomic E-state index is 12.6. The highest BCUT2D eigenvalue weighted by atomic mass is 32.1. The van der Waals surface area contributed by atoms with Gasteiger partial charge in [-0.1, -0.05) is 0 Å². The van der Waals surface area contributed by atoms with E-state index in [-0.39, 0.29) is 61.9 Å². The van der Waals surface area contributed by atoms with Crippen LogP contribution in [0.5, 0.6) is 11.5 Å². The van der Waals surface area contributed by atoms with E-state index in [1.807, 2.05) is 12.1 Å². The van der Waals surface area contributed by atoms with Crippen molar-refractivity contribution in [3.05, 3.63) is 23.3 Å². The van der Waals surface area contributed by atoms with Crippen LogP contribution in [0.25, 0.3) is 0 Å². The third-order valence-electron chi connectivity index (χ3n) is 9.19. The molecule has 0 aliphatic rings. The second-order valence-electron chi connectivity index (χ2n) is 14.3. The van der Waals surface area contributed by atoms with Crippen LogP contribution < -0.4 is 76.6 Å². The van der Waals surface area contributed by atoms with Gasteiger partial charge in [0.05, 0.1) is 37.3 Å². The van der Waals surface area contributed by atoms with Crippen molar-refractivity contribution in [3.8, 4) is 11.5 Å². The molecule has 0 unspecified atom stereocenters. The first-order valence-corrected chi connectivity index (χ1v) is 21.8. The molecule has 1 aromatic carbocycles. The fourth-order valence-corrected chi connectivity index (χ4v) is 6.24. The number of nitrogens with one attached hydrogen (secondary N) is 4. The quantitative estimate of drug-likeness (QED) is 0.0159. The zero-order valence-corrected chi connectivity index (χ0v) is 36.7. The Hall–Kier alpha value is -4.22. The van der Waals surface area contributed by atoms with Gasteiger partial charge in [0.2, 0.25) is 23.6 Å². The first-order valence-electron chi connectivity index (χ1n) is 20.6. The smallest absolute Gasteiger partial charge is 0.237 e. The van der Waals surface area contributed by atoms with Crippen molar-refractivity contribution in [1.29, 1.82) is 0 Å². The lowest BCUT2D eigenvalue weighted by Gasteiger charge is -2.18. The number of benzene rings is 1. The predicted octanol–water partition coefficient (Wildman–Crippen LogP) is -1.69. The molecule has 0 fully saturated rings. The average Bonchev–Trinajstić information content (AvgIpc) is 3.22. The Balaban J connectivity index is 2.39. The van der Waals surface area contributed by atoms with Gasteiger partial charge in [-0.2, -0.15) is 25.3 Å². The predicted molar refractivity (Wildman–Crippen MR) is 244 cm³/mol. The monoisotopic (exact) mass is 885 g/mol. The van der Waals surface area contributed by atoms with Crippen molar-refractivity contribution in [2.45, 2.75) is 113 Å². The summed E-state index contributed by atoms with van der Waals surface area (Å²) in [6.07, 6.45) is 7.43. The molecule has 1 rings (SSSR count). The Kier molecular flexibility index (Phi) is 29.2. The second kappa shape index (κ2) is 32.5. The van der Waals surface area contributed by atoms with Gasteiger partial charge in [-0.25, -0.2) is 0 Å². The number of amides is 4. The maximum Gasteiger partial charge on any atom is 0.237 e. The molecule has 0 heterocycles. The number of hydrogen-bond acceptors (Lipinski definition) is 14. The summed E-state index contributed by atoms with van der Waals surface area (Å²) >= 11 is 8.86. The largest absolute Gasteiger partial charge is 0.488 e. The minimum atomic E-state index is -0.719. The molecule has 0 saturated carbocycles. The number of rotatable bonds is 34. The summed E-state index contributed by atoms with van der Waals surface area (Å²) in [6.45, 7) is 2.54.